The van der Waals surface area contributed by atoms with Crippen LogP contribution in [0.2, 0.25) is 0 Å². The number of hydrogen-bond acceptors (Lipinski definition) is 4. The maximum absolute atomic E-state index is 12.2. The van der Waals surface area contributed by atoms with Gasteiger partial charge in [-0.05, 0) is 32.4 Å². The first-order valence-corrected chi connectivity index (χ1v) is 9.10. The molecule has 2 aromatic rings. The second-order valence-electron chi connectivity index (χ2n) is 7.71. The number of hydrogen-bond donors (Lipinski definition) is 0. The number of nitrogens with zero attached hydrogens (tertiary/aromatic N) is 4. The molecule has 0 radical (unpaired) electrons. The molecule has 1 aliphatic heterocycles. The molecule has 0 aliphatic carbocycles. The number of carbonyl (C=O) groups is 1. The highest BCUT2D eigenvalue weighted by Gasteiger charge is 2.26. The Morgan fingerprint density at radius 3 is 2.46 bits per heavy atom. The van der Waals surface area contributed by atoms with Gasteiger partial charge in [-0.1, -0.05) is 18.2 Å². The van der Waals surface area contributed by atoms with Crippen LogP contribution in [-0.4, -0.2) is 52.3 Å². The number of rotatable bonds is 3. The molecule has 0 bridgehead atoms. The van der Waals surface area contributed by atoms with Gasteiger partial charge in [0.15, 0.2) is 0 Å². The van der Waals surface area contributed by atoms with Crippen molar-refractivity contribution in [3.05, 3.63) is 48.0 Å². The number of amides is 1. The van der Waals surface area contributed by atoms with E-state index >= 15 is 0 Å². The van der Waals surface area contributed by atoms with Crippen LogP contribution in [-0.2, 0) is 18.2 Å². The second-order valence-corrected chi connectivity index (χ2v) is 7.71. The van der Waals surface area contributed by atoms with E-state index in [1.54, 1.807) is 4.90 Å². The van der Waals surface area contributed by atoms with E-state index in [1.165, 1.54) is 11.3 Å². The number of aryl methyl sites for hydroxylation is 1. The van der Waals surface area contributed by atoms with Crippen molar-refractivity contribution in [1.29, 1.82) is 0 Å². The molecule has 3 rings (SSSR count). The average molecular weight is 356 g/mol. The third kappa shape index (κ3) is 4.36. The van der Waals surface area contributed by atoms with Crippen LogP contribution >= 0.6 is 0 Å². The topological polar surface area (TPSA) is 50.6 Å². The lowest BCUT2D eigenvalue weighted by Crippen LogP contribution is -2.50. The molecule has 0 spiro atoms. The molecule has 6 heteroatoms. The van der Waals surface area contributed by atoms with Gasteiger partial charge in [0.1, 0.15) is 11.4 Å². The molecule has 2 heterocycles. The van der Waals surface area contributed by atoms with Gasteiger partial charge in [-0.15, -0.1) is 0 Å². The number of ether oxygens (including phenoxy) is 1. The third-order valence-electron chi connectivity index (χ3n) is 4.53. The SMILES string of the molecule is Cn1ccnc1Cc1ccccc1N1CCN(C(=O)OC(C)(C)C)CC1. The zero-order valence-corrected chi connectivity index (χ0v) is 16.1. The minimum Gasteiger partial charge on any atom is -0.444 e. The summed E-state index contributed by atoms with van der Waals surface area (Å²) in [6.07, 6.45) is 4.37. The maximum Gasteiger partial charge on any atom is 0.410 e. The summed E-state index contributed by atoms with van der Waals surface area (Å²) >= 11 is 0. The Hall–Kier alpha value is -2.50. The molecular formula is C20H28N4O2. The molecule has 1 fully saturated rings. The number of para-hydroxylation sites is 1. The standard InChI is InChI=1S/C20H28N4O2/c1-20(2,3)26-19(25)24-13-11-23(12-14-24)17-8-6-5-7-16(17)15-18-21-9-10-22(18)4/h5-10H,11-15H2,1-4H3. The summed E-state index contributed by atoms with van der Waals surface area (Å²) in [7, 11) is 2.02. The fraction of sp³-hybridized carbons (Fsp3) is 0.500. The Bertz CT molecular complexity index is 755. The Balaban J connectivity index is 1.66. The van der Waals surface area contributed by atoms with Gasteiger partial charge in [-0.3, -0.25) is 0 Å². The highest BCUT2D eigenvalue weighted by Crippen LogP contribution is 2.24. The van der Waals surface area contributed by atoms with Gasteiger partial charge in [-0.25, -0.2) is 9.78 Å². The van der Waals surface area contributed by atoms with Crippen molar-refractivity contribution in [3.8, 4) is 0 Å². The lowest BCUT2D eigenvalue weighted by molar-refractivity contribution is 0.0240. The van der Waals surface area contributed by atoms with Crippen molar-refractivity contribution in [3.63, 3.8) is 0 Å². The monoisotopic (exact) mass is 356 g/mol. The van der Waals surface area contributed by atoms with Crippen molar-refractivity contribution in [2.75, 3.05) is 31.1 Å². The molecule has 1 aliphatic rings. The summed E-state index contributed by atoms with van der Waals surface area (Å²) < 4.78 is 7.54. The van der Waals surface area contributed by atoms with Crippen LogP contribution in [0.3, 0.4) is 0 Å². The van der Waals surface area contributed by atoms with Crippen molar-refractivity contribution in [1.82, 2.24) is 14.5 Å². The number of carbonyl (C=O) groups excluding carboxylic acids is 1. The highest BCUT2D eigenvalue weighted by molar-refractivity contribution is 5.69. The van der Waals surface area contributed by atoms with Crippen molar-refractivity contribution >= 4 is 11.8 Å². The van der Waals surface area contributed by atoms with Gasteiger partial charge in [-0.2, -0.15) is 0 Å². The number of anilines is 1. The van der Waals surface area contributed by atoms with E-state index < -0.39 is 5.60 Å². The first kappa shape index (κ1) is 18.3. The maximum atomic E-state index is 12.2. The number of imidazole rings is 1. The molecular weight excluding hydrogens is 328 g/mol. The fourth-order valence-corrected chi connectivity index (χ4v) is 3.16. The molecule has 1 aromatic heterocycles. The van der Waals surface area contributed by atoms with Gasteiger partial charge in [0.05, 0.1) is 0 Å². The van der Waals surface area contributed by atoms with Crippen LogP contribution in [0.25, 0.3) is 0 Å². The summed E-state index contributed by atoms with van der Waals surface area (Å²) in [5.41, 5.74) is 2.02. The Kier molecular flexibility index (Phi) is 5.20. The summed E-state index contributed by atoms with van der Waals surface area (Å²) in [5, 5.41) is 0. The predicted molar refractivity (Wildman–Crippen MR) is 102 cm³/mol. The summed E-state index contributed by atoms with van der Waals surface area (Å²) in [4.78, 5) is 20.8. The number of benzene rings is 1. The smallest absolute Gasteiger partial charge is 0.410 e. The van der Waals surface area contributed by atoms with Crippen LogP contribution in [0.5, 0.6) is 0 Å². The van der Waals surface area contributed by atoms with Gasteiger partial charge in [0, 0.05) is 57.7 Å². The van der Waals surface area contributed by atoms with E-state index in [9.17, 15) is 4.79 Å². The van der Waals surface area contributed by atoms with Crippen LogP contribution in [0, 0.1) is 0 Å². The zero-order valence-electron chi connectivity index (χ0n) is 16.1. The zero-order chi connectivity index (χ0) is 18.7. The van der Waals surface area contributed by atoms with E-state index in [2.05, 4.69) is 38.7 Å². The van der Waals surface area contributed by atoms with Gasteiger partial charge in [0.25, 0.3) is 0 Å². The molecule has 26 heavy (non-hydrogen) atoms. The van der Waals surface area contributed by atoms with Crippen LogP contribution in [0.4, 0.5) is 10.5 Å². The molecule has 1 aromatic carbocycles. The van der Waals surface area contributed by atoms with E-state index in [-0.39, 0.29) is 6.09 Å². The van der Waals surface area contributed by atoms with Crippen LogP contribution in [0.1, 0.15) is 32.2 Å². The molecule has 0 N–H and O–H groups in total. The molecule has 1 amide bonds. The Morgan fingerprint density at radius 1 is 1.15 bits per heavy atom. The second kappa shape index (κ2) is 7.40. The quantitative estimate of drug-likeness (QED) is 0.848. The number of piperazine rings is 1. The minimum absolute atomic E-state index is 0.224. The van der Waals surface area contributed by atoms with Crippen LogP contribution in [0.15, 0.2) is 36.7 Å². The lowest BCUT2D eigenvalue weighted by atomic mass is 10.1. The van der Waals surface area contributed by atoms with E-state index in [4.69, 9.17) is 4.74 Å². The van der Waals surface area contributed by atoms with E-state index in [0.717, 1.165) is 25.3 Å². The third-order valence-corrected chi connectivity index (χ3v) is 4.53. The number of aromatic nitrogens is 2. The largest absolute Gasteiger partial charge is 0.444 e. The van der Waals surface area contributed by atoms with Crippen molar-refractivity contribution in [2.45, 2.75) is 32.8 Å². The van der Waals surface area contributed by atoms with E-state index in [1.807, 2.05) is 40.2 Å². The summed E-state index contributed by atoms with van der Waals surface area (Å²) in [6, 6.07) is 8.45. The van der Waals surface area contributed by atoms with Crippen molar-refractivity contribution in [2.24, 2.45) is 7.05 Å². The molecule has 140 valence electrons. The summed E-state index contributed by atoms with van der Waals surface area (Å²) in [6.45, 7) is 8.64. The predicted octanol–water partition coefficient (Wildman–Crippen LogP) is 3.07. The van der Waals surface area contributed by atoms with Gasteiger partial charge >= 0.3 is 6.09 Å². The first-order chi connectivity index (χ1) is 12.3. The fourth-order valence-electron chi connectivity index (χ4n) is 3.16. The Labute approximate surface area is 155 Å². The average Bonchev–Trinajstić information content (AvgIpc) is 2.99. The molecule has 1 saturated heterocycles. The minimum atomic E-state index is -0.455. The highest BCUT2D eigenvalue weighted by atomic mass is 16.6. The molecule has 0 atom stereocenters. The normalized spacial score (nSPS) is 15.2. The summed E-state index contributed by atoms with van der Waals surface area (Å²) in [5.74, 6) is 1.05. The molecule has 0 unspecified atom stereocenters. The van der Waals surface area contributed by atoms with Gasteiger partial charge < -0.3 is 19.1 Å². The molecule has 0 saturated carbocycles. The Morgan fingerprint density at radius 2 is 1.85 bits per heavy atom. The van der Waals surface area contributed by atoms with Crippen LogP contribution < -0.4 is 4.90 Å². The van der Waals surface area contributed by atoms with E-state index in [0.29, 0.717) is 13.1 Å². The van der Waals surface area contributed by atoms with Gasteiger partial charge in [0.2, 0.25) is 0 Å². The molecule has 6 nitrogen and oxygen atoms in total. The first-order valence-electron chi connectivity index (χ1n) is 9.10. The van der Waals surface area contributed by atoms with Crippen molar-refractivity contribution < 1.29 is 9.53 Å². The lowest BCUT2D eigenvalue weighted by Gasteiger charge is -2.37.